The molecular formula is C30H35Cl2N3O4S. The van der Waals surface area contributed by atoms with Gasteiger partial charge in [0.1, 0.15) is 12.6 Å². The van der Waals surface area contributed by atoms with Crippen molar-refractivity contribution < 1.29 is 18.0 Å². The van der Waals surface area contributed by atoms with Crippen molar-refractivity contribution in [2.24, 2.45) is 0 Å². The summed E-state index contributed by atoms with van der Waals surface area (Å²) < 4.78 is 28.7. The predicted molar refractivity (Wildman–Crippen MR) is 161 cm³/mol. The van der Waals surface area contributed by atoms with Crippen molar-refractivity contribution in [2.75, 3.05) is 17.4 Å². The summed E-state index contributed by atoms with van der Waals surface area (Å²) in [6, 6.07) is 19.1. The Morgan fingerprint density at radius 2 is 1.62 bits per heavy atom. The molecule has 10 heteroatoms. The lowest BCUT2D eigenvalue weighted by Crippen LogP contribution is -2.52. The van der Waals surface area contributed by atoms with Gasteiger partial charge in [-0.05, 0) is 55.7 Å². The third kappa shape index (κ3) is 7.99. The Balaban J connectivity index is 2.05. The third-order valence-corrected chi connectivity index (χ3v) is 8.79. The summed E-state index contributed by atoms with van der Waals surface area (Å²) >= 11 is 12.5. The van der Waals surface area contributed by atoms with Gasteiger partial charge in [-0.2, -0.15) is 0 Å². The van der Waals surface area contributed by atoms with Gasteiger partial charge in [-0.1, -0.05) is 91.5 Å². The van der Waals surface area contributed by atoms with Crippen molar-refractivity contribution in [3.05, 3.63) is 94.0 Å². The fourth-order valence-corrected chi connectivity index (χ4v) is 6.25. The summed E-state index contributed by atoms with van der Waals surface area (Å²) in [5.74, 6) is -0.818. The van der Waals surface area contributed by atoms with Crippen molar-refractivity contribution in [2.45, 2.75) is 57.5 Å². The summed E-state index contributed by atoms with van der Waals surface area (Å²) in [6.07, 6.45) is 2.08. The molecule has 0 radical (unpaired) electrons. The molecule has 0 spiro atoms. The Hall–Kier alpha value is -3.07. The fraction of sp³-hybridized carbons (Fsp3) is 0.333. The molecular weight excluding hydrogens is 569 g/mol. The monoisotopic (exact) mass is 603 g/mol. The molecule has 0 fully saturated rings. The predicted octanol–water partition coefficient (Wildman–Crippen LogP) is 6.22. The van der Waals surface area contributed by atoms with Gasteiger partial charge in [-0.15, -0.1) is 0 Å². The highest BCUT2D eigenvalue weighted by atomic mass is 35.5. The van der Waals surface area contributed by atoms with E-state index in [2.05, 4.69) is 5.32 Å². The minimum Gasteiger partial charge on any atom is -0.354 e. The van der Waals surface area contributed by atoms with E-state index < -0.39 is 28.5 Å². The van der Waals surface area contributed by atoms with E-state index in [0.29, 0.717) is 18.0 Å². The molecule has 0 saturated carbocycles. The van der Waals surface area contributed by atoms with Crippen LogP contribution >= 0.6 is 23.2 Å². The topological polar surface area (TPSA) is 86.8 Å². The first kappa shape index (κ1) is 31.5. The largest absolute Gasteiger partial charge is 0.354 e. The van der Waals surface area contributed by atoms with Crippen molar-refractivity contribution in [3.63, 3.8) is 0 Å². The molecule has 1 atom stereocenters. The molecule has 3 aromatic rings. The normalized spacial score (nSPS) is 12.0. The Morgan fingerprint density at radius 3 is 2.23 bits per heavy atom. The van der Waals surface area contributed by atoms with Crippen LogP contribution in [0.1, 0.15) is 44.2 Å². The Kier molecular flexibility index (Phi) is 11.4. The molecule has 214 valence electrons. The van der Waals surface area contributed by atoms with Crippen molar-refractivity contribution in [1.82, 2.24) is 10.2 Å². The maximum atomic E-state index is 14.1. The second kappa shape index (κ2) is 14.5. The number of halogens is 2. The molecule has 1 N–H and O–H groups in total. The van der Waals surface area contributed by atoms with E-state index in [4.69, 9.17) is 23.2 Å². The highest BCUT2D eigenvalue weighted by Crippen LogP contribution is 2.33. The number of hydrogen-bond donors (Lipinski definition) is 1. The lowest BCUT2D eigenvalue weighted by molar-refractivity contribution is -0.140. The second-order valence-corrected chi connectivity index (χ2v) is 12.2. The van der Waals surface area contributed by atoms with Gasteiger partial charge < -0.3 is 10.2 Å². The number of carbonyl (C=O) groups is 2. The van der Waals surface area contributed by atoms with Crippen LogP contribution in [0.5, 0.6) is 0 Å². The Bertz CT molecular complexity index is 1400. The molecule has 0 aliphatic carbocycles. The van der Waals surface area contributed by atoms with Crippen molar-refractivity contribution in [3.8, 4) is 0 Å². The molecule has 0 heterocycles. The second-order valence-electron chi connectivity index (χ2n) is 9.50. The molecule has 2 amide bonds. The van der Waals surface area contributed by atoms with Gasteiger partial charge in [0.25, 0.3) is 10.0 Å². The average molecular weight is 605 g/mol. The van der Waals surface area contributed by atoms with Crippen molar-refractivity contribution >= 4 is 50.7 Å². The van der Waals surface area contributed by atoms with E-state index in [1.807, 2.05) is 45.0 Å². The van der Waals surface area contributed by atoms with Crippen LogP contribution in [0, 0.1) is 6.92 Å². The molecule has 3 aromatic carbocycles. The molecule has 0 bridgehead atoms. The maximum Gasteiger partial charge on any atom is 0.264 e. The zero-order chi connectivity index (χ0) is 29.3. The van der Waals surface area contributed by atoms with Gasteiger partial charge >= 0.3 is 0 Å². The zero-order valence-electron chi connectivity index (χ0n) is 22.9. The van der Waals surface area contributed by atoms with Gasteiger partial charge in [0.15, 0.2) is 0 Å². The molecule has 0 aliphatic heterocycles. The lowest BCUT2D eigenvalue weighted by atomic mass is 10.1. The van der Waals surface area contributed by atoms with Crippen LogP contribution in [0.2, 0.25) is 10.0 Å². The number of nitrogens with zero attached hydrogens (tertiary/aromatic N) is 2. The van der Waals surface area contributed by atoms with E-state index in [0.717, 1.165) is 28.3 Å². The number of aryl methyl sites for hydroxylation is 1. The lowest BCUT2D eigenvalue weighted by Gasteiger charge is -2.33. The highest BCUT2D eigenvalue weighted by molar-refractivity contribution is 7.92. The third-order valence-electron chi connectivity index (χ3n) is 6.48. The maximum absolute atomic E-state index is 14.1. The first-order valence-corrected chi connectivity index (χ1v) is 15.4. The zero-order valence-corrected chi connectivity index (χ0v) is 25.3. The Labute approximate surface area is 247 Å². The van der Waals surface area contributed by atoms with Gasteiger partial charge in [-0.25, -0.2) is 8.42 Å². The number of sulfonamides is 1. The summed E-state index contributed by atoms with van der Waals surface area (Å²) in [5.41, 5.74) is 1.99. The number of anilines is 1. The standard InChI is InChI=1S/C30H35Cl2N3O4S/c1-4-6-18-33-30(37)27(5-2)34(20-23-14-12-22(3)13-15-23)29(36)21-35(28-17-16-24(31)19-26(28)32)40(38,39)25-10-8-7-9-11-25/h7-17,19,27H,4-6,18,20-21H2,1-3H3,(H,33,37)/t27-/m1/s1. The average Bonchev–Trinajstić information content (AvgIpc) is 2.93. The SMILES string of the molecule is CCCCNC(=O)[C@@H](CC)N(Cc1ccc(C)cc1)C(=O)CN(c1ccc(Cl)cc1Cl)S(=O)(=O)c1ccccc1. The summed E-state index contributed by atoms with van der Waals surface area (Å²) in [4.78, 5) is 28.7. The number of nitrogens with one attached hydrogen (secondary N) is 1. The van der Waals surface area contributed by atoms with Crippen LogP contribution < -0.4 is 9.62 Å². The van der Waals surface area contributed by atoms with E-state index >= 15 is 0 Å². The molecule has 0 saturated heterocycles. The molecule has 40 heavy (non-hydrogen) atoms. The number of hydrogen-bond acceptors (Lipinski definition) is 4. The van der Waals surface area contributed by atoms with E-state index in [1.165, 1.54) is 35.2 Å². The molecule has 0 aliphatic rings. The Morgan fingerprint density at radius 1 is 0.950 bits per heavy atom. The number of unbranched alkanes of at least 4 members (excludes halogenated alkanes) is 1. The molecule has 7 nitrogen and oxygen atoms in total. The molecule has 3 rings (SSSR count). The van der Waals surface area contributed by atoms with Crippen LogP contribution in [0.3, 0.4) is 0 Å². The quantitative estimate of drug-likeness (QED) is 0.235. The molecule has 0 unspecified atom stereocenters. The fourth-order valence-electron chi connectivity index (χ4n) is 4.23. The van der Waals surface area contributed by atoms with Gasteiger partial charge in [0.05, 0.1) is 15.6 Å². The van der Waals surface area contributed by atoms with Crippen LogP contribution in [-0.4, -0.2) is 44.3 Å². The van der Waals surface area contributed by atoms with Crippen LogP contribution in [-0.2, 0) is 26.2 Å². The first-order valence-electron chi connectivity index (χ1n) is 13.2. The summed E-state index contributed by atoms with van der Waals surface area (Å²) in [5, 5.41) is 3.33. The molecule has 0 aromatic heterocycles. The minimum absolute atomic E-state index is 0.00301. The van der Waals surface area contributed by atoms with E-state index in [-0.39, 0.29) is 28.1 Å². The van der Waals surface area contributed by atoms with Gasteiger partial charge in [0.2, 0.25) is 11.8 Å². The van der Waals surface area contributed by atoms with Crippen LogP contribution in [0.25, 0.3) is 0 Å². The smallest absolute Gasteiger partial charge is 0.264 e. The van der Waals surface area contributed by atoms with Gasteiger partial charge in [-0.3, -0.25) is 13.9 Å². The van der Waals surface area contributed by atoms with E-state index in [9.17, 15) is 18.0 Å². The minimum atomic E-state index is -4.21. The number of benzene rings is 3. The van der Waals surface area contributed by atoms with Crippen LogP contribution in [0.15, 0.2) is 77.7 Å². The van der Waals surface area contributed by atoms with Gasteiger partial charge in [0, 0.05) is 18.1 Å². The number of carbonyl (C=O) groups excluding carboxylic acids is 2. The van der Waals surface area contributed by atoms with Crippen molar-refractivity contribution in [1.29, 1.82) is 0 Å². The number of rotatable bonds is 13. The summed E-state index contributed by atoms with van der Waals surface area (Å²) in [7, 11) is -4.21. The highest BCUT2D eigenvalue weighted by Gasteiger charge is 2.34. The first-order chi connectivity index (χ1) is 19.1. The van der Waals surface area contributed by atoms with Crippen LogP contribution in [0.4, 0.5) is 5.69 Å². The summed E-state index contributed by atoms with van der Waals surface area (Å²) in [6.45, 7) is 5.88. The van der Waals surface area contributed by atoms with E-state index in [1.54, 1.807) is 18.2 Å². The number of amides is 2.